The Kier molecular flexibility index (Phi) is 2.68. The van der Waals surface area contributed by atoms with Crippen molar-refractivity contribution in [2.24, 2.45) is 0 Å². The largest absolute Gasteiger partial charge is 0.270 e. The van der Waals surface area contributed by atoms with Crippen molar-refractivity contribution in [3.63, 3.8) is 0 Å². The van der Waals surface area contributed by atoms with Gasteiger partial charge in [0.05, 0.1) is 4.92 Å². The molecule has 0 bridgehead atoms. The van der Waals surface area contributed by atoms with Gasteiger partial charge in [-0.05, 0) is 16.3 Å². The van der Waals surface area contributed by atoms with Gasteiger partial charge in [0.2, 0.25) is 0 Å². The van der Waals surface area contributed by atoms with Gasteiger partial charge in [0.25, 0.3) is 5.69 Å². The van der Waals surface area contributed by atoms with Crippen LogP contribution in [0.15, 0.2) is 36.4 Å². The second-order valence-electron chi connectivity index (χ2n) is 3.22. The average molecular weight is 266 g/mol. The molecule has 0 aromatic heterocycles. The highest BCUT2D eigenvalue weighted by Gasteiger charge is 2.09. The molecule has 4 heteroatoms. The van der Waals surface area contributed by atoms with Crippen molar-refractivity contribution in [3.05, 3.63) is 52.1 Å². The van der Waals surface area contributed by atoms with E-state index < -0.39 is 0 Å². The molecule has 0 unspecified atom stereocenters. The lowest BCUT2D eigenvalue weighted by molar-refractivity contribution is -0.384. The first-order valence-electron chi connectivity index (χ1n) is 4.44. The minimum atomic E-state index is -0.362. The summed E-state index contributed by atoms with van der Waals surface area (Å²) in [4.78, 5) is 10.3. The van der Waals surface area contributed by atoms with Gasteiger partial charge >= 0.3 is 0 Å². The number of fused-ring (bicyclic) bond motifs is 1. The number of nitrogens with zero attached hydrogens (tertiary/aromatic N) is 1. The molecule has 0 heterocycles. The standard InChI is InChI=1S/C11H8BrNO2/c12-7-9-6-10(13(14)15)5-8-3-1-2-4-11(8)9/h1-6H,7H2. The number of nitro benzene ring substituents is 1. The van der Waals surface area contributed by atoms with Crippen LogP contribution < -0.4 is 0 Å². The van der Waals surface area contributed by atoms with Gasteiger partial charge in [0.15, 0.2) is 0 Å². The highest BCUT2D eigenvalue weighted by molar-refractivity contribution is 9.08. The quantitative estimate of drug-likeness (QED) is 0.473. The Morgan fingerprint density at radius 1 is 1.27 bits per heavy atom. The van der Waals surface area contributed by atoms with Gasteiger partial charge in [-0.25, -0.2) is 0 Å². The maximum atomic E-state index is 10.7. The summed E-state index contributed by atoms with van der Waals surface area (Å²) < 4.78 is 0. The zero-order valence-electron chi connectivity index (χ0n) is 7.81. The highest BCUT2D eigenvalue weighted by Crippen LogP contribution is 2.26. The molecule has 0 aliphatic carbocycles. The number of benzene rings is 2. The Morgan fingerprint density at radius 2 is 2.00 bits per heavy atom. The van der Waals surface area contributed by atoms with Crippen LogP contribution in [0.1, 0.15) is 5.56 Å². The first kappa shape index (κ1) is 10.1. The van der Waals surface area contributed by atoms with E-state index in [0.29, 0.717) is 5.33 Å². The van der Waals surface area contributed by atoms with E-state index in [1.165, 1.54) is 0 Å². The average Bonchev–Trinajstić information content (AvgIpc) is 2.27. The summed E-state index contributed by atoms with van der Waals surface area (Å²) in [7, 11) is 0. The van der Waals surface area contributed by atoms with Crippen LogP contribution in [0, 0.1) is 10.1 Å². The predicted octanol–water partition coefficient (Wildman–Crippen LogP) is 3.64. The smallest absolute Gasteiger partial charge is 0.258 e. The molecule has 0 radical (unpaired) electrons. The van der Waals surface area contributed by atoms with Gasteiger partial charge in [-0.2, -0.15) is 0 Å². The van der Waals surface area contributed by atoms with Gasteiger partial charge in [0.1, 0.15) is 0 Å². The molecule has 0 fully saturated rings. The number of rotatable bonds is 2. The van der Waals surface area contributed by atoms with E-state index in [1.54, 1.807) is 12.1 Å². The van der Waals surface area contributed by atoms with E-state index in [2.05, 4.69) is 15.9 Å². The number of alkyl halides is 1. The topological polar surface area (TPSA) is 43.1 Å². The van der Waals surface area contributed by atoms with Crippen molar-refractivity contribution < 1.29 is 4.92 Å². The molecule has 0 aliphatic heterocycles. The molecule has 2 aromatic rings. The minimum absolute atomic E-state index is 0.142. The third kappa shape index (κ3) is 1.85. The van der Waals surface area contributed by atoms with Crippen LogP contribution in [-0.2, 0) is 5.33 Å². The second kappa shape index (κ2) is 3.98. The summed E-state index contributed by atoms with van der Waals surface area (Å²) in [5, 5.41) is 13.3. The van der Waals surface area contributed by atoms with E-state index in [4.69, 9.17) is 0 Å². The molecule has 0 N–H and O–H groups in total. The summed E-state index contributed by atoms with van der Waals surface area (Å²) >= 11 is 3.34. The molecule has 0 saturated heterocycles. The van der Waals surface area contributed by atoms with Gasteiger partial charge in [-0.15, -0.1) is 0 Å². The second-order valence-corrected chi connectivity index (χ2v) is 3.78. The van der Waals surface area contributed by atoms with E-state index in [9.17, 15) is 10.1 Å². The highest BCUT2D eigenvalue weighted by atomic mass is 79.9. The SMILES string of the molecule is O=[N+]([O-])c1cc(CBr)c2ccccc2c1. The summed E-state index contributed by atoms with van der Waals surface area (Å²) in [6.45, 7) is 0. The van der Waals surface area contributed by atoms with Crippen LogP contribution in [0.25, 0.3) is 10.8 Å². The molecular formula is C11H8BrNO2. The predicted molar refractivity (Wildman–Crippen MR) is 63.2 cm³/mol. The number of non-ortho nitro benzene ring substituents is 1. The molecule has 76 valence electrons. The van der Waals surface area contributed by atoms with Crippen LogP contribution in [-0.4, -0.2) is 4.92 Å². The van der Waals surface area contributed by atoms with Crippen molar-refractivity contribution in [2.75, 3.05) is 0 Å². The first-order valence-corrected chi connectivity index (χ1v) is 5.56. The third-order valence-corrected chi connectivity index (χ3v) is 2.89. The maximum absolute atomic E-state index is 10.7. The Balaban J connectivity index is 2.77. The third-order valence-electron chi connectivity index (χ3n) is 2.29. The monoisotopic (exact) mass is 265 g/mol. The Bertz CT molecular complexity index is 525. The summed E-state index contributed by atoms with van der Waals surface area (Å²) in [6, 6.07) is 10.9. The zero-order valence-corrected chi connectivity index (χ0v) is 9.40. The van der Waals surface area contributed by atoms with Crippen LogP contribution in [0.4, 0.5) is 5.69 Å². The fourth-order valence-corrected chi connectivity index (χ4v) is 2.05. The van der Waals surface area contributed by atoms with Crippen LogP contribution in [0.5, 0.6) is 0 Å². The van der Waals surface area contributed by atoms with Gasteiger partial charge in [-0.3, -0.25) is 10.1 Å². The Hall–Kier alpha value is -1.42. The maximum Gasteiger partial charge on any atom is 0.270 e. The fraction of sp³-hybridized carbons (Fsp3) is 0.0909. The lowest BCUT2D eigenvalue weighted by Gasteiger charge is -2.03. The molecule has 0 amide bonds. The fourth-order valence-electron chi connectivity index (χ4n) is 1.59. The molecule has 2 rings (SSSR count). The molecule has 15 heavy (non-hydrogen) atoms. The molecule has 0 spiro atoms. The van der Waals surface area contributed by atoms with Crippen LogP contribution in [0.3, 0.4) is 0 Å². The first-order chi connectivity index (χ1) is 7.22. The van der Waals surface area contributed by atoms with E-state index in [-0.39, 0.29) is 10.6 Å². The lowest BCUT2D eigenvalue weighted by atomic mass is 10.0. The van der Waals surface area contributed by atoms with Gasteiger partial charge < -0.3 is 0 Å². The zero-order chi connectivity index (χ0) is 10.8. The molecule has 0 aliphatic rings. The van der Waals surface area contributed by atoms with E-state index in [1.807, 2.05) is 24.3 Å². The van der Waals surface area contributed by atoms with E-state index in [0.717, 1.165) is 16.3 Å². The van der Waals surface area contributed by atoms with Crippen molar-refractivity contribution in [1.82, 2.24) is 0 Å². The number of hydrogen-bond donors (Lipinski definition) is 0. The van der Waals surface area contributed by atoms with Crippen molar-refractivity contribution in [1.29, 1.82) is 0 Å². The lowest BCUT2D eigenvalue weighted by Crippen LogP contribution is -1.90. The molecule has 0 atom stereocenters. The normalized spacial score (nSPS) is 10.5. The van der Waals surface area contributed by atoms with Crippen molar-refractivity contribution in [2.45, 2.75) is 5.33 Å². The summed E-state index contributed by atoms with van der Waals surface area (Å²) in [5.74, 6) is 0. The Morgan fingerprint density at radius 3 is 2.67 bits per heavy atom. The van der Waals surface area contributed by atoms with E-state index >= 15 is 0 Å². The van der Waals surface area contributed by atoms with Gasteiger partial charge in [0, 0.05) is 17.5 Å². The number of halogens is 1. The molecule has 3 nitrogen and oxygen atoms in total. The van der Waals surface area contributed by atoms with Crippen LogP contribution in [0.2, 0.25) is 0 Å². The number of hydrogen-bond acceptors (Lipinski definition) is 2. The Labute approximate surface area is 95.0 Å². The van der Waals surface area contributed by atoms with Gasteiger partial charge in [-0.1, -0.05) is 40.2 Å². The molecular weight excluding hydrogens is 258 g/mol. The minimum Gasteiger partial charge on any atom is -0.258 e. The van der Waals surface area contributed by atoms with Crippen molar-refractivity contribution >= 4 is 32.4 Å². The summed E-state index contributed by atoms with van der Waals surface area (Å²) in [5.41, 5.74) is 1.09. The van der Waals surface area contributed by atoms with Crippen molar-refractivity contribution in [3.8, 4) is 0 Å². The number of nitro groups is 1. The molecule has 0 saturated carbocycles. The van der Waals surface area contributed by atoms with Crippen LogP contribution >= 0.6 is 15.9 Å². The molecule has 2 aromatic carbocycles. The summed E-state index contributed by atoms with van der Waals surface area (Å²) in [6.07, 6.45) is 0.